The molecule has 0 saturated heterocycles. The lowest BCUT2D eigenvalue weighted by molar-refractivity contribution is -0.383. The molecule has 0 atom stereocenters. The number of rotatable bonds is 7. The highest BCUT2D eigenvalue weighted by molar-refractivity contribution is 5.94. The average Bonchev–Trinajstić information content (AvgIpc) is 2.46. The number of hydrogen-bond donors (Lipinski definition) is 1. The average molecular weight is 275 g/mol. The number of fused-ring (bicyclic) bond motifs is 1. The van der Waals surface area contributed by atoms with E-state index in [1.54, 1.807) is 18.3 Å². The van der Waals surface area contributed by atoms with E-state index in [1.807, 2.05) is 0 Å². The maximum Gasteiger partial charge on any atom is 0.279 e. The fourth-order valence-corrected chi connectivity index (χ4v) is 1.97. The van der Waals surface area contributed by atoms with Gasteiger partial charge in [-0.2, -0.15) is 0 Å². The second kappa shape index (κ2) is 6.81. The molecule has 6 nitrogen and oxygen atoms in total. The van der Waals surface area contributed by atoms with Gasteiger partial charge >= 0.3 is 0 Å². The van der Waals surface area contributed by atoms with Gasteiger partial charge in [0.15, 0.2) is 0 Å². The zero-order valence-electron chi connectivity index (χ0n) is 11.3. The molecule has 2 aromatic rings. The Hall–Kier alpha value is -2.21. The van der Waals surface area contributed by atoms with Crippen LogP contribution >= 0.6 is 0 Å². The number of nitrogens with zero attached hydrogens (tertiary/aromatic N) is 2. The van der Waals surface area contributed by atoms with Gasteiger partial charge in [-0.25, -0.2) is 0 Å². The largest absolute Gasteiger partial charge is 0.492 e. The summed E-state index contributed by atoms with van der Waals surface area (Å²) in [6, 6.07) is 4.83. The Morgan fingerprint density at radius 1 is 1.30 bits per heavy atom. The van der Waals surface area contributed by atoms with Gasteiger partial charge in [-0.05, 0) is 25.1 Å². The Morgan fingerprint density at radius 2 is 2.15 bits per heavy atom. The maximum atomic E-state index is 11.0. The molecule has 1 heterocycles. The van der Waals surface area contributed by atoms with Crippen LogP contribution in [-0.2, 0) is 0 Å². The van der Waals surface area contributed by atoms with Crippen molar-refractivity contribution in [2.75, 3.05) is 19.7 Å². The molecule has 0 fully saturated rings. The first-order chi connectivity index (χ1) is 9.74. The Morgan fingerprint density at radius 3 is 2.90 bits per heavy atom. The predicted molar refractivity (Wildman–Crippen MR) is 77.1 cm³/mol. The topological polar surface area (TPSA) is 77.3 Å². The number of nitro groups is 1. The molecular formula is C14H17N3O3. The van der Waals surface area contributed by atoms with Crippen molar-refractivity contribution in [3.8, 4) is 5.75 Å². The van der Waals surface area contributed by atoms with Crippen molar-refractivity contribution in [3.05, 3.63) is 40.7 Å². The van der Waals surface area contributed by atoms with Gasteiger partial charge in [-0.1, -0.05) is 6.92 Å². The number of benzene rings is 1. The molecule has 0 unspecified atom stereocenters. The molecule has 0 aliphatic carbocycles. The van der Waals surface area contributed by atoms with Crippen molar-refractivity contribution in [2.24, 2.45) is 0 Å². The molecule has 0 aliphatic rings. The van der Waals surface area contributed by atoms with Gasteiger partial charge in [-0.15, -0.1) is 0 Å². The first-order valence-electron chi connectivity index (χ1n) is 6.58. The second-order valence-corrected chi connectivity index (χ2v) is 4.36. The van der Waals surface area contributed by atoms with E-state index in [9.17, 15) is 10.1 Å². The highest BCUT2D eigenvalue weighted by Crippen LogP contribution is 2.31. The molecule has 0 bridgehead atoms. The predicted octanol–water partition coefficient (Wildman–Crippen LogP) is 2.52. The van der Waals surface area contributed by atoms with Crippen LogP contribution in [0.2, 0.25) is 0 Å². The van der Waals surface area contributed by atoms with E-state index in [1.165, 1.54) is 12.3 Å². The van der Waals surface area contributed by atoms with E-state index in [0.717, 1.165) is 19.5 Å². The van der Waals surface area contributed by atoms with Crippen LogP contribution in [0.1, 0.15) is 13.3 Å². The fourth-order valence-electron chi connectivity index (χ4n) is 1.97. The lowest BCUT2D eigenvalue weighted by Crippen LogP contribution is -2.21. The quantitative estimate of drug-likeness (QED) is 0.477. The van der Waals surface area contributed by atoms with Gasteiger partial charge < -0.3 is 10.1 Å². The third-order valence-electron chi connectivity index (χ3n) is 2.91. The van der Waals surface area contributed by atoms with E-state index in [4.69, 9.17) is 4.74 Å². The second-order valence-electron chi connectivity index (χ2n) is 4.36. The van der Waals surface area contributed by atoms with Crippen LogP contribution in [0.4, 0.5) is 5.69 Å². The molecule has 1 aromatic carbocycles. The molecule has 1 N–H and O–H groups in total. The number of non-ortho nitro benzene ring substituents is 1. The number of nitrogens with one attached hydrogen (secondary N) is 1. The van der Waals surface area contributed by atoms with Crippen LogP contribution in [0.15, 0.2) is 30.6 Å². The van der Waals surface area contributed by atoms with Gasteiger partial charge in [-0.3, -0.25) is 15.1 Å². The SMILES string of the molecule is CCCNCCOc1ccc([N+](=O)[O-])c2cnccc12. The molecule has 0 spiro atoms. The summed E-state index contributed by atoms with van der Waals surface area (Å²) >= 11 is 0. The van der Waals surface area contributed by atoms with Crippen molar-refractivity contribution >= 4 is 16.5 Å². The fraction of sp³-hybridized carbons (Fsp3) is 0.357. The molecular weight excluding hydrogens is 258 g/mol. The monoisotopic (exact) mass is 275 g/mol. The highest BCUT2D eigenvalue weighted by Gasteiger charge is 2.14. The molecule has 6 heteroatoms. The molecule has 0 radical (unpaired) electrons. The zero-order chi connectivity index (χ0) is 14.4. The summed E-state index contributed by atoms with van der Waals surface area (Å²) in [5.74, 6) is 0.645. The molecule has 0 aliphatic heterocycles. The number of hydrogen-bond acceptors (Lipinski definition) is 5. The van der Waals surface area contributed by atoms with E-state index < -0.39 is 4.92 Å². The van der Waals surface area contributed by atoms with Gasteiger partial charge in [0, 0.05) is 30.4 Å². The molecule has 0 saturated carbocycles. The Bertz CT molecular complexity index is 601. The van der Waals surface area contributed by atoms with E-state index in [-0.39, 0.29) is 5.69 Å². The van der Waals surface area contributed by atoms with Crippen molar-refractivity contribution in [1.82, 2.24) is 10.3 Å². The minimum absolute atomic E-state index is 0.0459. The summed E-state index contributed by atoms with van der Waals surface area (Å²) in [6.45, 7) is 4.33. The van der Waals surface area contributed by atoms with Crippen LogP contribution in [0, 0.1) is 10.1 Å². The number of pyridine rings is 1. The van der Waals surface area contributed by atoms with Gasteiger partial charge in [0.05, 0.1) is 10.3 Å². The number of nitro benzene ring substituents is 1. The van der Waals surface area contributed by atoms with Gasteiger partial charge in [0.1, 0.15) is 12.4 Å². The summed E-state index contributed by atoms with van der Waals surface area (Å²) < 4.78 is 5.69. The van der Waals surface area contributed by atoms with Crippen LogP contribution in [0.5, 0.6) is 5.75 Å². The molecule has 20 heavy (non-hydrogen) atoms. The van der Waals surface area contributed by atoms with Crippen LogP contribution < -0.4 is 10.1 Å². The lowest BCUT2D eigenvalue weighted by atomic mass is 10.1. The summed E-state index contributed by atoms with van der Waals surface area (Å²) in [7, 11) is 0. The zero-order valence-corrected chi connectivity index (χ0v) is 11.3. The lowest BCUT2D eigenvalue weighted by Gasteiger charge is -2.09. The normalized spacial score (nSPS) is 10.7. The van der Waals surface area contributed by atoms with E-state index in [2.05, 4.69) is 17.2 Å². The molecule has 1 aromatic heterocycles. The van der Waals surface area contributed by atoms with Gasteiger partial charge in [0.2, 0.25) is 0 Å². The summed E-state index contributed by atoms with van der Waals surface area (Å²) in [5, 5.41) is 15.4. The minimum atomic E-state index is -0.406. The Balaban J connectivity index is 2.18. The van der Waals surface area contributed by atoms with Crippen molar-refractivity contribution < 1.29 is 9.66 Å². The third-order valence-corrected chi connectivity index (χ3v) is 2.91. The minimum Gasteiger partial charge on any atom is -0.492 e. The molecule has 106 valence electrons. The standard InChI is InChI=1S/C14H17N3O3/c1-2-6-15-8-9-20-14-4-3-13(17(18)19)12-10-16-7-5-11(12)14/h3-5,7,10,15H,2,6,8-9H2,1H3. The first kappa shape index (κ1) is 14.2. The number of aromatic nitrogens is 1. The van der Waals surface area contributed by atoms with E-state index in [0.29, 0.717) is 23.1 Å². The van der Waals surface area contributed by atoms with Crippen LogP contribution in [0.25, 0.3) is 10.8 Å². The van der Waals surface area contributed by atoms with Crippen molar-refractivity contribution in [3.63, 3.8) is 0 Å². The number of ether oxygens (including phenoxy) is 1. The first-order valence-corrected chi connectivity index (χ1v) is 6.58. The molecule has 2 rings (SSSR count). The highest BCUT2D eigenvalue weighted by atomic mass is 16.6. The summed E-state index contributed by atoms with van der Waals surface area (Å²) in [4.78, 5) is 14.5. The Labute approximate surface area is 116 Å². The van der Waals surface area contributed by atoms with Crippen LogP contribution in [0.3, 0.4) is 0 Å². The van der Waals surface area contributed by atoms with E-state index >= 15 is 0 Å². The van der Waals surface area contributed by atoms with Crippen molar-refractivity contribution in [2.45, 2.75) is 13.3 Å². The summed E-state index contributed by atoms with van der Waals surface area (Å²) in [6.07, 6.45) is 4.18. The third kappa shape index (κ3) is 3.21. The van der Waals surface area contributed by atoms with Crippen molar-refractivity contribution in [1.29, 1.82) is 0 Å². The maximum absolute atomic E-state index is 11.0. The van der Waals surface area contributed by atoms with Crippen LogP contribution in [-0.4, -0.2) is 29.6 Å². The van der Waals surface area contributed by atoms with Gasteiger partial charge in [0.25, 0.3) is 5.69 Å². The Kier molecular flexibility index (Phi) is 4.84. The summed E-state index contributed by atoms with van der Waals surface area (Å²) in [5.41, 5.74) is 0.0459. The smallest absolute Gasteiger partial charge is 0.279 e. The molecule has 0 amide bonds.